The molecule has 0 saturated heterocycles. The summed E-state index contributed by atoms with van der Waals surface area (Å²) >= 11 is 1.62. The van der Waals surface area contributed by atoms with Gasteiger partial charge in [-0.15, -0.1) is 0 Å². The van der Waals surface area contributed by atoms with Crippen molar-refractivity contribution in [3.8, 4) is 0 Å². The van der Waals surface area contributed by atoms with Crippen molar-refractivity contribution >= 4 is 11.8 Å². The van der Waals surface area contributed by atoms with Crippen LogP contribution in [-0.4, -0.2) is 46.0 Å². The van der Waals surface area contributed by atoms with Crippen molar-refractivity contribution in [2.45, 2.75) is 44.9 Å². The van der Waals surface area contributed by atoms with E-state index in [1.54, 1.807) is 32.5 Å². The van der Waals surface area contributed by atoms with Crippen molar-refractivity contribution in [1.82, 2.24) is 5.32 Å². The summed E-state index contributed by atoms with van der Waals surface area (Å²) in [6.07, 6.45) is 1.97. The van der Waals surface area contributed by atoms with E-state index in [2.05, 4.69) is 5.32 Å². The Morgan fingerprint density at radius 2 is 1.79 bits per heavy atom. The van der Waals surface area contributed by atoms with Gasteiger partial charge in [0.2, 0.25) is 0 Å². The normalized spacial score (nSPS) is 19.1. The van der Waals surface area contributed by atoms with E-state index < -0.39 is 11.2 Å². The first-order chi connectivity index (χ1) is 6.19. The predicted molar refractivity (Wildman–Crippen MR) is 62.8 cm³/mol. The predicted octanol–water partition coefficient (Wildman–Crippen LogP) is 0.849. The Labute approximate surface area is 91.3 Å². The molecule has 3 N–H and O–H groups in total. The van der Waals surface area contributed by atoms with Gasteiger partial charge < -0.3 is 15.5 Å². The number of aliphatic hydroxyl groups is 2. The number of thioether (sulfide) groups is 1. The van der Waals surface area contributed by atoms with Gasteiger partial charge in [0.1, 0.15) is 0 Å². The average molecular weight is 221 g/mol. The minimum Gasteiger partial charge on any atom is -0.389 e. The van der Waals surface area contributed by atoms with E-state index in [1.807, 2.05) is 13.2 Å². The number of hydrogen-bond donors (Lipinski definition) is 3. The molecule has 0 aliphatic carbocycles. The molecule has 86 valence electrons. The van der Waals surface area contributed by atoms with E-state index in [-0.39, 0.29) is 6.04 Å². The molecule has 0 aromatic carbocycles. The van der Waals surface area contributed by atoms with Crippen molar-refractivity contribution in [3.05, 3.63) is 0 Å². The lowest BCUT2D eigenvalue weighted by Gasteiger charge is -2.31. The van der Waals surface area contributed by atoms with E-state index in [9.17, 15) is 10.2 Å². The Bertz CT molecular complexity index is 166. The maximum absolute atomic E-state index is 9.86. The van der Waals surface area contributed by atoms with Crippen molar-refractivity contribution in [3.63, 3.8) is 0 Å². The second kappa shape index (κ2) is 5.35. The molecule has 0 aromatic heterocycles. The van der Waals surface area contributed by atoms with Crippen LogP contribution in [0.25, 0.3) is 0 Å². The smallest absolute Gasteiger partial charge is 0.0833 e. The van der Waals surface area contributed by atoms with Crippen molar-refractivity contribution in [2.75, 3.05) is 18.6 Å². The van der Waals surface area contributed by atoms with Crippen molar-refractivity contribution in [1.29, 1.82) is 0 Å². The summed E-state index contributed by atoms with van der Waals surface area (Å²) in [7, 11) is 0. The third kappa shape index (κ3) is 5.86. The van der Waals surface area contributed by atoms with Crippen LogP contribution in [0.3, 0.4) is 0 Å². The molecule has 0 amide bonds. The molecular formula is C10H23NO2S. The maximum Gasteiger partial charge on any atom is 0.0833 e. The first kappa shape index (κ1) is 14.2. The number of rotatable bonds is 6. The first-order valence-corrected chi connectivity index (χ1v) is 6.25. The molecule has 0 heterocycles. The fourth-order valence-corrected chi connectivity index (χ4v) is 1.71. The molecule has 2 atom stereocenters. The van der Waals surface area contributed by atoms with Crippen LogP contribution in [0.15, 0.2) is 0 Å². The maximum atomic E-state index is 9.86. The van der Waals surface area contributed by atoms with Gasteiger partial charge in [-0.25, -0.2) is 0 Å². The topological polar surface area (TPSA) is 52.5 Å². The molecule has 0 aliphatic rings. The molecule has 0 aliphatic heterocycles. The molecule has 0 aromatic rings. The molecule has 0 radical (unpaired) electrons. The molecule has 0 fully saturated rings. The SMILES string of the molecule is CSCC(C)(O)CNC(C)C(C)(C)O. The average Bonchev–Trinajstić information content (AvgIpc) is 1.98. The van der Waals surface area contributed by atoms with Crippen LogP contribution in [0.5, 0.6) is 0 Å². The van der Waals surface area contributed by atoms with Gasteiger partial charge in [-0.2, -0.15) is 11.8 Å². The minimum absolute atomic E-state index is 0.0316. The molecule has 0 saturated carbocycles. The third-order valence-electron chi connectivity index (χ3n) is 2.30. The van der Waals surface area contributed by atoms with E-state index in [0.717, 1.165) is 0 Å². The highest BCUT2D eigenvalue weighted by molar-refractivity contribution is 7.98. The Hall–Kier alpha value is 0.230. The summed E-state index contributed by atoms with van der Waals surface area (Å²) in [4.78, 5) is 0. The molecule has 14 heavy (non-hydrogen) atoms. The van der Waals surface area contributed by atoms with E-state index in [0.29, 0.717) is 12.3 Å². The lowest BCUT2D eigenvalue weighted by molar-refractivity contribution is 0.0271. The van der Waals surface area contributed by atoms with Gasteiger partial charge in [-0.3, -0.25) is 0 Å². The highest BCUT2D eigenvalue weighted by Gasteiger charge is 2.25. The summed E-state index contributed by atoms with van der Waals surface area (Å²) < 4.78 is 0. The molecule has 2 unspecified atom stereocenters. The van der Waals surface area contributed by atoms with Gasteiger partial charge in [-0.1, -0.05) is 0 Å². The summed E-state index contributed by atoms with van der Waals surface area (Å²) in [5.41, 5.74) is -1.46. The lowest BCUT2D eigenvalue weighted by atomic mass is 10.00. The third-order valence-corrected chi connectivity index (χ3v) is 3.21. The van der Waals surface area contributed by atoms with E-state index in [4.69, 9.17) is 0 Å². The Kier molecular flexibility index (Phi) is 5.44. The van der Waals surface area contributed by atoms with Crippen LogP contribution in [0.1, 0.15) is 27.7 Å². The van der Waals surface area contributed by atoms with Crippen LogP contribution in [0.2, 0.25) is 0 Å². The second-order valence-corrected chi connectivity index (χ2v) is 5.55. The first-order valence-electron chi connectivity index (χ1n) is 4.86. The Balaban J connectivity index is 3.93. The minimum atomic E-state index is -0.755. The summed E-state index contributed by atoms with van der Waals surface area (Å²) in [5, 5.41) is 22.7. The summed E-state index contributed by atoms with van der Waals surface area (Å²) in [6, 6.07) is -0.0316. The zero-order chi connectivity index (χ0) is 11.4. The summed E-state index contributed by atoms with van der Waals surface area (Å²) in [6.45, 7) is 7.73. The molecule has 0 spiro atoms. The van der Waals surface area contributed by atoms with Crippen molar-refractivity contribution < 1.29 is 10.2 Å². The molecular weight excluding hydrogens is 198 g/mol. The zero-order valence-corrected chi connectivity index (χ0v) is 10.6. The highest BCUT2D eigenvalue weighted by Crippen LogP contribution is 2.12. The number of hydrogen-bond acceptors (Lipinski definition) is 4. The number of nitrogens with one attached hydrogen (secondary N) is 1. The van der Waals surface area contributed by atoms with Crippen LogP contribution >= 0.6 is 11.8 Å². The fraction of sp³-hybridized carbons (Fsp3) is 1.00. The molecule has 0 rings (SSSR count). The fourth-order valence-electron chi connectivity index (χ4n) is 0.985. The lowest BCUT2D eigenvalue weighted by Crippen LogP contribution is -2.50. The van der Waals surface area contributed by atoms with Gasteiger partial charge in [0.15, 0.2) is 0 Å². The largest absolute Gasteiger partial charge is 0.389 e. The standard InChI is InChI=1S/C10H23NO2S/c1-8(9(2,3)12)11-6-10(4,13)7-14-5/h8,11-13H,6-7H2,1-5H3. The van der Waals surface area contributed by atoms with Crippen LogP contribution in [0, 0.1) is 0 Å². The molecule has 3 nitrogen and oxygen atoms in total. The van der Waals surface area contributed by atoms with Gasteiger partial charge in [0.25, 0.3) is 0 Å². The highest BCUT2D eigenvalue weighted by atomic mass is 32.2. The van der Waals surface area contributed by atoms with Gasteiger partial charge >= 0.3 is 0 Å². The van der Waals surface area contributed by atoms with Gasteiger partial charge in [-0.05, 0) is 34.0 Å². The van der Waals surface area contributed by atoms with Crippen LogP contribution < -0.4 is 5.32 Å². The van der Waals surface area contributed by atoms with Crippen LogP contribution in [-0.2, 0) is 0 Å². The van der Waals surface area contributed by atoms with E-state index >= 15 is 0 Å². The van der Waals surface area contributed by atoms with Gasteiger partial charge in [0, 0.05) is 18.3 Å². The van der Waals surface area contributed by atoms with E-state index in [1.165, 1.54) is 0 Å². The quantitative estimate of drug-likeness (QED) is 0.622. The Morgan fingerprint density at radius 1 is 1.29 bits per heavy atom. The summed E-state index contributed by atoms with van der Waals surface area (Å²) in [5.74, 6) is 0.693. The monoisotopic (exact) mass is 221 g/mol. The Morgan fingerprint density at radius 3 is 2.14 bits per heavy atom. The van der Waals surface area contributed by atoms with Gasteiger partial charge in [0.05, 0.1) is 11.2 Å². The molecule has 0 bridgehead atoms. The molecule has 4 heteroatoms. The second-order valence-electron chi connectivity index (χ2n) is 4.69. The van der Waals surface area contributed by atoms with Crippen molar-refractivity contribution in [2.24, 2.45) is 0 Å². The van der Waals surface area contributed by atoms with Crippen LogP contribution in [0.4, 0.5) is 0 Å². The zero-order valence-electron chi connectivity index (χ0n) is 9.79.